The number of amides is 1. The molecular formula is C20H23Cl2N3O4S. The summed E-state index contributed by atoms with van der Waals surface area (Å²) in [6, 6.07) is 12.4. The highest BCUT2D eigenvalue weighted by atomic mass is 35.5. The fourth-order valence-corrected chi connectivity index (χ4v) is 4.77. The van der Waals surface area contributed by atoms with E-state index in [2.05, 4.69) is 10.2 Å². The van der Waals surface area contributed by atoms with Crippen LogP contribution in [0, 0.1) is 0 Å². The van der Waals surface area contributed by atoms with Gasteiger partial charge in [-0.1, -0.05) is 41.4 Å². The fraction of sp³-hybridized carbons (Fsp3) is 0.350. The average molecular weight is 472 g/mol. The van der Waals surface area contributed by atoms with Crippen LogP contribution in [0.5, 0.6) is 0 Å². The standard InChI is InChI=1S/C20H23Cl2N3O4S/c21-18-7-6-16(14-19(18)22)25(30(27,28)17-4-2-1-3-5-17)15-20(26)23-8-9-24-10-12-29-13-11-24/h1-7,14H,8-13,15H2,(H,23,26). The third-order valence-electron chi connectivity index (χ3n) is 4.66. The van der Waals surface area contributed by atoms with E-state index in [4.69, 9.17) is 27.9 Å². The largest absolute Gasteiger partial charge is 0.379 e. The highest BCUT2D eigenvalue weighted by Crippen LogP contribution is 2.30. The molecule has 3 rings (SSSR count). The van der Waals surface area contributed by atoms with Gasteiger partial charge in [0.2, 0.25) is 5.91 Å². The maximum atomic E-state index is 13.2. The molecule has 0 bridgehead atoms. The second-order valence-electron chi connectivity index (χ2n) is 6.73. The molecule has 1 aliphatic heterocycles. The van der Waals surface area contributed by atoms with Crippen molar-refractivity contribution in [2.45, 2.75) is 4.90 Å². The van der Waals surface area contributed by atoms with E-state index in [-0.39, 0.29) is 22.2 Å². The second kappa shape index (κ2) is 10.5. The molecule has 1 amide bonds. The first-order chi connectivity index (χ1) is 14.4. The van der Waals surface area contributed by atoms with Crippen molar-refractivity contribution in [2.75, 3.05) is 50.2 Å². The molecule has 1 saturated heterocycles. The van der Waals surface area contributed by atoms with Crippen LogP contribution in [-0.4, -0.2) is 65.2 Å². The summed E-state index contributed by atoms with van der Waals surface area (Å²) < 4.78 is 32.8. The van der Waals surface area contributed by atoms with Crippen molar-refractivity contribution >= 4 is 44.8 Å². The van der Waals surface area contributed by atoms with Crippen molar-refractivity contribution in [3.05, 3.63) is 58.6 Å². The Labute approximate surface area is 186 Å². The first-order valence-electron chi connectivity index (χ1n) is 9.47. The summed E-state index contributed by atoms with van der Waals surface area (Å²) in [6.07, 6.45) is 0. The van der Waals surface area contributed by atoms with E-state index in [0.29, 0.717) is 31.3 Å². The molecular weight excluding hydrogens is 449 g/mol. The number of morpholine rings is 1. The number of hydrogen-bond donors (Lipinski definition) is 1. The molecule has 2 aromatic carbocycles. The van der Waals surface area contributed by atoms with Crippen LogP contribution in [0.1, 0.15) is 0 Å². The molecule has 30 heavy (non-hydrogen) atoms. The van der Waals surface area contributed by atoms with Gasteiger partial charge in [-0.15, -0.1) is 0 Å². The minimum absolute atomic E-state index is 0.0807. The molecule has 1 aliphatic rings. The van der Waals surface area contributed by atoms with E-state index in [1.54, 1.807) is 18.2 Å². The van der Waals surface area contributed by atoms with Crippen LogP contribution in [-0.2, 0) is 19.6 Å². The van der Waals surface area contributed by atoms with E-state index in [1.165, 1.54) is 30.3 Å². The third kappa shape index (κ3) is 5.86. The van der Waals surface area contributed by atoms with Crippen molar-refractivity contribution in [3.63, 3.8) is 0 Å². The molecule has 0 radical (unpaired) electrons. The summed E-state index contributed by atoms with van der Waals surface area (Å²) in [5.74, 6) is -0.408. The lowest BCUT2D eigenvalue weighted by atomic mass is 10.3. The van der Waals surface area contributed by atoms with Gasteiger partial charge in [0.15, 0.2) is 0 Å². The quantitative estimate of drug-likeness (QED) is 0.639. The van der Waals surface area contributed by atoms with Crippen molar-refractivity contribution in [3.8, 4) is 0 Å². The first-order valence-corrected chi connectivity index (χ1v) is 11.7. The topological polar surface area (TPSA) is 79.0 Å². The predicted molar refractivity (Wildman–Crippen MR) is 118 cm³/mol. The normalized spacial score (nSPS) is 15.0. The van der Waals surface area contributed by atoms with Crippen molar-refractivity contribution in [1.29, 1.82) is 0 Å². The zero-order valence-electron chi connectivity index (χ0n) is 16.3. The summed E-state index contributed by atoms with van der Waals surface area (Å²) in [6.45, 7) is 3.69. The van der Waals surface area contributed by atoms with Crippen LogP contribution in [0.15, 0.2) is 53.4 Å². The van der Waals surface area contributed by atoms with Crippen LogP contribution < -0.4 is 9.62 Å². The summed E-state index contributed by atoms with van der Waals surface area (Å²) >= 11 is 12.1. The molecule has 0 atom stereocenters. The van der Waals surface area contributed by atoms with Crippen LogP contribution in [0.25, 0.3) is 0 Å². The minimum atomic E-state index is -3.98. The Kier molecular flexibility index (Phi) is 7.96. The van der Waals surface area contributed by atoms with E-state index < -0.39 is 15.9 Å². The maximum Gasteiger partial charge on any atom is 0.264 e. The zero-order chi connectivity index (χ0) is 21.6. The van der Waals surface area contributed by atoms with E-state index in [0.717, 1.165) is 17.4 Å². The summed E-state index contributed by atoms with van der Waals surface area (Å²) in [5.41, 5.74) is 0.261. The Balaban J connectivity index is 1.75. The van der Waals surface area contributed by atoms with Gasteiger partial charge in [0.05, 0.1) is 33.8 Å². The Morgan fingerprint density at radius 1 is 1.07 bits per heavy atom. The Hall–Kier alpha value is -1.84. The number of carbonyl (C=O) groups is 1. The highest BCUT2D eigenvalue weighted by molar-refractivity contribution is 7.92. The lowest BCUT2D eigenvalue weighted by Crippen LogP contribution is -2.44. The molecule has 0 aliphatic carbocycles. The average Bonchev–Trinajstić information content (AvgIpc) is 2.75. The molecule has 0 saturated carbocycles. The van der Waals surface area contributed by atoms with Gasteiger partial charge in [-0.3, -0.25) is 14.0 Å². The lowest BCUT2D eigenvalue weighted by molar-refractivity contribution is -0.119. The van der Waals surface area contributed by atoms with Crippen LogP contribution in [0.4, 0.5) is 5.69 Å². The maximum absolute atomic E-state index is 13.2. The van der Waals surface area contributed by atoms with Crippen LogP contribution in [0.2, 0.25) is 10.0 Å². The molecule has 0 aromatic heterocycles. The monoisotopic (exact) mass is 471 g/mol. The van der Waals surface area contributed by atoms with Crippen molar-refractivity contribution in [2.24, 2.45) is 0 Å². The smallest absolute Gasteiger partial charge is 0.264 e. The minimum Gasteiger partial charge on any atom is -0.379 e. The zero-order valence-corrected chi connectivity index (χ0v) is 18.6. The molecule has 10 heteroatoms. The van der Waals surface area contributed by atoms with Gasteiger partial charge in [0.25, 0.3) is 10.0 Å². The van der Waals surface area contributed by atoms with Gasteiger partial charge in [-0.2, -0.15) is 0 Å². The van der Waals surface area contributed by atoms with Crippen LogP contribution >= 0.6 is 23.2 Å². The van der Waals surface area contributed by atoms with Crippen LogP contribution in [0.3, 0.4) is 0 Å². The summed E-state index contributed by atoms with van der Waals surface area (Å²) in [5, 5.41) is 3.30. The van der Waals surface area contributed by atoms with Gasteiger partial charge >= 0.3 is 0 Å². The number of hydrogen-bond acceptors (Lipinski definition) is 5. The molecule has 0 unspecified atom stereocenters. The molecule has 0 spiro atoms. The predicted octanol–water partition coefficient (Wildman–Crippen LogP) is 2.64. The first kappa shape index (κ1) is 22.8. The van der Waals surface area contributed by atoms with E-state index in [9.17, 15) is 13.2 Å². The number of anilines is 1. The molecule has 162 valence electrons. The number of sulfonamides is 1. The summed E-state index contributed by atoms with van der Waals surface area (Å²) in [7, 11) is -3.98. The van der Waals surface area contributed by atoms with Gasteiger partial charge in [0, 0.05) is 26.2 Å². The highest BCUT2D eigenvalue weighted by Gasteiger charge is 2.27. The van der Waals surface area contributed by atoms with Gasteiger partial charge in [-0.05, 0) is 30.3 Å². The molecule has 1 N–H and O–H groups in total. The fourth-order valence-electron chi connectivity index (χ4n) is 3.04. The van der Waals surface area contributed by atoms with E-state index >= 15 is 0 Å². The van der Waals surface area contributed by atoms with Gasteiger partial charge in [-0.25, -0.2) is 8.42 Å². The number of ether oxygens (including phenoxy) is 1. The van der Waals surface area contributed by atoms with Gasteiger partial charge in [0.1, 0.15) is 6.54 Å². The number of benzene rings is 2. The van der Waals surface area contributed by atoms with Gasteiger partial charge < -0.3 is 10.1 Å². The third-order valence-corrected chi connectivity index (χ3v) is 7.19. The SMILES string of the molecule is O=C(CN(c1ccc(Cl)c(Cl)c1)S(=O)(=O)c1ccccc1)NCCN1CCOCC1. The van der Waals surface area contributed by atoms with Crippen molar-refractivity contribution < 1.29 is 17.9 Å². The number of carbonyl (C=O) groups excluding carboxylic acids is 1. The number of nitrogens with zero attached hydrogens (tertiary/aromatic N) is 2. The summed E-state index contributed by atoms with van der Waals surface area (Å²) in [4.78, 5) is 14.8. The number of nitrogens with one attached hydrogen (secondary N) is 1. The molecule has 2 aromatic rings. The second-order valence-corrected chi connectivity index (χ2v) is 9.40. The van der Waals surface area contributed by atoms with Crippen molar-refractivity contribution in [1.82, 2.24) is 10.2 Å². The molecule has 1 fully saturated rings. The number of halogens is 2. The number of rotatable bonds is 8. The lowest BCUT2D eigenvalue weighted by Gasteiger charge is -2.27. The molecule has 1 heterocycles. The Morgan fingerprint density at radius 2 is 1.77 bits per heavy atom. The molecule has 7 nitrogen and oxygen atoms in total. The Bertz CT molecular complexity index is 967. The van der Waals surface area contributed by atoms with E-state index in [1.807, 2.05) is 0 Å². The Morgan fingerprint density at radius 3 is 2.43 bits per heavy atom.